The number of aryl methyl sites for hydroxylation is 1. The fraction of sp³-hybridized carbons (Fsp3) is 0.462. The lowest BCUT2D eigenvalue weighted by Gasteiger charge is -2.32. The summed E-state index contributed by atoms with van der Waals surface area (Å²) < 4.78 is 25.3. The van der Waals surface area contributed by atoms with E-state index in [1.165, 1.54) is 5.56 Å². The van der Waals surface area contributed by atoms with Crippen LogP contribution in [-0.2, 0) is 6.42 Å². The molecule has 106 valence electrons. The van der Waals surface area contributed by atoms with Crippen LogP contribution >= 0.6 is 24.0 Å². The molecular weight excluding hydrogens is 363 g/mol. The number of nitrogens with one attached hydrogen (secondary N) is 1. The average Bonchev–Trinajstić information content (AvgIpc) is 2.26. The third-order valence-corrected chi connectivity index (χ3v) is 3.00. The smallest absolute Gasteiger partial charge is 0.252 e. The van der Waals surface area contributed by atoms with Crippen molar-refractivity contribution in [1.29, 1.82) is 0 Å². The Labute approximate surface area is 128 Å². The predicted octanol–water partition coefficient (Wildman–Crippen LogP) is 3.39. The Bertz CT molecular complexity index is 455. The van der Waals surface area contributed by atoms with Gasteiger partial charge in [-0.15, -0.1) is 24.0 Å². The highest BCUT2D eigenvalue weighted by atomic mass is 127. The maximum Gasteiger partial charge on any atom is 0.252 e. The minimum absolute atomic E-state index is 0. The van der Waals surface area contributed by atoms with Crippen LogP contribution in [-0.4, -0.2) is 17.9 Å². The summed E-state index contributed by atoms with van der Waals surface area (Å²) in [5.74, 6) is -2.36. The van der Waals surface area contributed by atoms with Crippen LogP contribution in [0.1, 0.15) is 25.3 Å². The van der Waals surface area contributed by atoms with E-state index in [0.29, 0.717) is 0 Å². The Hall–Kier alpha value is -0.920. The molecule has 1 fully saturated rings. The summed E-state index contributed by atoms with van der Waals surface area (Å²) in [6.45, 7) is 2.06. The van der Waals surface area contributed by atoms with Gasteiger partial charge in [-0.2, -0.15) is 0 Å². The van der Waals surface area contributed by atoms with E-state index in [1.807, 2.05) is 24.3 Å². The van der Waals surface area contributed by atoms with Crippen LogP contribution in [0.3, 0.4) is 0 Å². The molecule has 1 aromatic carbocycles. The first kappa shape index (κ1) is 16.1. The molecule has 2 rings (SSSR count). The lowest BCUT2D eigenvalue weighted by Crippen LogP contribution is -2.40. The molecule has 0 heterocycles. The highest BCUT2D eigenvalue weighted by molar-refractivity contribution is 14.0. The number of alkyl halides is 2. The summed E-state index contributed by atoms with van der Waals surface area (Å²) in [6.07, 6.45) is 0.524. The SMILES string of the molecule is CCc1cccc(NC(N)=NC2CC(F)(F)C2)c1.I. The van der Waals surface area contributed by atoms with Crippen molar-refractivity contribution < 1.29 is 8.78 Å². The van der Waals surface area contributed by atoms with Gasteiger partial charge in [0.05, 0.1) is 6.04 Å². The minimum Gasteiger partial charge on any atom is -0.370 e. The van der Waals surface area contributed by atoms with Crippen LogP contribution in [0.25, 0.3) is 0 Å². The molecule has 3 N–H and O–H groups in total. The van der Waals surface area contributed by atoms with Crippen LogP contribution in [0.2, 0.25) is 0 Å². The molecule has 1 aromatic rings. The molecular formula is C13H18F2IN3. The molecule has 19 heavy (non-hydrogen) atoms. The number of guanidine groups is 1. The number of hydrogen-bond acceptors (Lipinski definition) is 1. The van der Waals surface area contributed by atoms with Gasteiger partial charge in [0, 0.05) is 18.5 Å². The van der Waals surface area contributed by atoms with E-state index < -0.39 is 5.92 Å². The molecule has 1 saturated carbocycles. The summed E-state index contributed by atoms with van der Waals surface area (Å²) in [5, 5.41) is 2.93. The number of anilines is 1. The number of rotatable bonds is 3. The maximum atomic E-state index is 12.6. The van der Waals surface area contributed by atoms with E-state index in [0.717, 1.165) is 12.1 Å². The number of nitrogens with two attached hydrogens (primary N) is 1. The minimum atomic E-state index is -2.56. The normalized spacial score (nSPS) is 18.4. The van der Waals surface area contributed by atoms with Crippen molar-refractivity contribution in [2.75, 3.05) is 5.32 Å². The van der Waals surface area contributed by atoms with Crippen LogP contribution in [0.15, 0.2) is 29.3 Å². The first-order valence-corrected chi connectivity index (χ1v) is 6.05. The molecule has 0 amide bonds. The zero-order chi connectivity index (χ0) is 13.2. The molecule has 0 radical (unpaired) electrons. The first-order valence-electron chi connectivity index (χ1n) is 6.05. The molecule has 0 saturated heterocycles. The number of benzene rings is 1. The van der Waals surface area contributed by atoms with Crippen LogP contribution < -0.4 is 11.1 Å². The fourth-order valence-corrected chi connectivity index (χ4v) is 1.97. The van der Waals surface area contributed by atoms with E-state index in [-0.39, 0.29) is 48.8 Å². The number of hydrogen-bond donors (Lipinski definition) is 2. The average molecular weight is 381 g/mol. The lowest BCUT2D eigenvalue weighted by molar-refractivity contribution is -0.0834. The number of nitrogens with zero attached hydrogens (tertiary/aromatic N) is 1. The van der Waals surface area contributed by atoms with Crippen LogP contribution in [0, 0.1) is 0 Å². The van der Waals surface area contributed by atoms with Gasteiger partial charge < -0.3 is 11.1 Å². The van der Waals surface area contributed by atoms with Gasteiger partial charge in [-0.1, -0.05) is 19.1 Å². The molecule has 0 aliphatic heterocycles. The Morgan fingerprint density at radius 2 is 2.16 bits per heavy atom. The van der Waals surface area contributed by atoms with Gasteiger partial charge >= 0.3 is 0 Å². The zero-order valence-electron chi connectivity index (χ0n) is 10.7. The highest BCUT2D eigenvalue weighted by Crippen LogP contribution is 2.39. The third-order valence-electron chi connectivity index (χ3n) is 3.00. The number of aliphatic imine (C=N–C) groups is 1. The van der Waals surface area contributed by atoms with Crippen LogP contribution in [0.4, 0.5) is 14.5 Å². The molecule has 0 bridgehead atoms. The maximum absolute atomic E-state index is 12.6. The van der Waals surface area contributed by atoms with Crippen molar-refractivity contribution in [3.8, 4) is 0 Å². The van der Waals surface area contributed by atoms with Gasteiger partial charge in [0.25, 0.3) is 5.92 Å². The van der Waals surface area contributed by atoms with Gasteiger partial charge in [-0.25, -0.2) is 13.8 Å². The molecule has 6 heteroatoms. The van der Waals surface area contributed by atoms with E-state index in [9.17, 15) is 8.78 Å². The van der Waals surface area contributed by atoms with Crippen LogP contribution in [0.5, 0.6) is 0 Å². The molecule has 0 spiro atoms. The molecule has 3 nitrogen and oxygen atoms in total. The summed E-state index contributed by atoms with van der Waals surface area (Å²) in [4.78, 5) is 4.03. The van der Waals surface area contributed by atoms with Crippen molar-refractivity contribution in [1.82, 2.24) is 0 Å². The standard InChI is InChI=1S/C13H17F2N3.HI/c1-2-9-4-3-5-10(6-9)17-12(16)18-11-7-13(14,15)8-11;/h3-6,11H,2,7-8H2,1H3,(H3,16,17,18);1H. The van der Waals surface area contributed by atoms with E-state index in [1.54, 1.807) is 0 Å². The Balaban J connectivity index is 0.00000180. The topological polar surface area (TPSA) is 50.4 Å². The predicted molar refractivity (Wildman–Crippen MR) is 84.4 cm³/mol. The van der Waals surface area contributed by atoms with E-state index in [4.69, 9.17) is 5.73 Å². The quantitative estimate of drug-likeness (QED) is 0.479. The summed E-state index contributed by atoms with van der Waals surface area (Å²) in [7, 11) is 0. The van der Waals surface area contributed by atoms with Crippen molar-refractivity contribution in [2.24, 2.45) is 10.7 Å². The Morgan fingerprint density at radius 3 is 2.74 bits per heavy atom. The Morgan fingerprint density at radius 1 is 1.47 bits per heavy atom. The molecule has 0 unspecified atom stereocenters. The Kier molecular flexibility index (Phi) is 5.51. The second-order valence-electron chi connectivity index (χ2n) is 4.61. The highest BCUT2D eigenvalue weighted by Gasteiger charge is 2.45. The van der Waals surface area contributed by atoms with Gasteiger partial charge in [0.2, 0.25) is 0 Å². The lowest BCUT2D eigenvalue weighted by atomic mass is 9.89. The zero-order valence-corrected chi connectivity index (χ0v) is 13.0. The molecule has 1 aliphatic carbocycles. The van der Waals surface area contributed by atoms with Crippen molar-refractivity contribution in [3.63, 3.8) is 0 Å². The summed E-state index contributed by atoms with van der Waals surface area (Å²) >= 11 is 0. The van der Waals surface area contributed by atoms with Crippen molar-refractivity contribution >= 4 is 35.6 Å². The van der Waals surface area contributed by atoms with E-state index >= 15 is 0 Å². The summed E-state index contributed by atoms with van der Waals surface area (Å²) in [5.41, 5.74) is 7.71. The van der Waals surface area contributed by atoms with Gasteiger partial charge in [0.15, 0.2) is 5.96 Å². The number of halogens is 3. The van der Waals surface area contributed by atoms with E-state index in [2.05, 4.69) is 17.2 Å². The second kappa shape index (κ2) is 6.49. The third kappa shape index (κ3) is 4.59. The first-order chi connectivity index (χ1) is 8.48. The van der Waals surface area contributed by atoms with Gasteiger partial charge in [-0.3, -0.25) is 0 Å². The van der Waals surface area contributed by atoms with Gasteiger partial charge in [-0.05, 0) is 24.1 Å². The molecule has 0 atom stereocenters. The van der Waals surface area contributed by atoms with Crippen molar-refractivity contribution in [3.05, 3.63) is 29.8 Å². The largest absolute Gasteiger partial charge is 0.370 e. The fourth-order valence-electron chi connectivity index (χ4n) is 1.97. The van der Waals surface area contributed by atoms with Gasteiger partial charge in [0.1, 0.15) is 0 Å². The molecule has 0 aromatic heterocycles. The molecule has 1 aliphatic rings. The second-order valence-corrected chi connectivity index (χ2v) is 4.61. The summed E-state index contributed by atoms with van der Waals surface area (Å²) in [6, 6.07) is 7.42. The van der Waals surface area contributed by atoms with Crippen molar-refractivity contribution in [2.45, 2.75) is 38.2 Å². The monoisotopic (exact) mass is 381 g/mol.